The number of piperidine rings is 1. The molecule has 2 aromatic rings. The lowest BCUT2D eigenvalue weighted by atomic mass is 9.90. The number of amides is 1. The van der Waals surface area contributed by atoms with E-state index < -0.39 is 6.93 Å². The predicted octanol–water partition coefficient (Wildman–Crippen LogP) is 4.20. The molecule has 4 rings (SSSR count). The number of carbonyl (C=O) groups excluding carboxylic acids is 2. The van der Waals surface area contributed by atoms with E-state index in [2.05, 4.69) is 17.6 Å². The minimum atomic E-state index is -1.75. The zero-order chi connectivity index (χ0) is 26.5. The summed E-state index contributed by atoms with van der Waals surface area (Å²) in [4.78, 5) is 23.7. The molecule has 0 aromatic heterocycles. The van der Waals surface area contributed by atoms with Crippen LogP contribution in [0.25, 0.3) is 0 Å². The molecule has 0 aliphatic carbocycles. The van der Waals surface area contributed by atoms with Crippen molar-refractivity contribution in [3.63, 3.8) is 0 Å². The second-order valence-electron chi connectivity index (χ2n) is 9.17. The van der Waals surface area contributed by atoms with Crippen molar-refractivity contribution >= 4 is 17.9 Å². The van der Waals surface area contributed by atoms with Crippen LogP contribution in [0.2, 0.25) is 0 Å². The SMILES string of the molecule is CNc1ccc(CC2CCNCC2)c(F)c1.C[C@H]1CN(CC(N)=O)Cc2cc(C=O)ccc21.FCF. The normalized spacial score (nSPS) is 17.5. The van der Waals surface area contributed by atoms with Crippen molar-refractivity contribution in [1.29, 1.82) is 0 Å². The molecule has 1 amide bonds. The maximum absolute atomic E-state index is 13.7. The maximum Gasteiger partial charge on any atom is 0.231 e. The molecular formula is C27H37F3N4O2. The number of rotatable bonds is 6. The highest BCUT2D eigenvalue weighted by atomic mass is 19.3. The van der Waals surface area contributed by atoms with Gasteiger partial charge in [-0.3, -0.25) is 14.5 Å². The Balaban J connectivity index is 0.000000229. The van der Waals surface area contributed by atoms with Gasteiger partial charge in [0.25, 0.3) is 0 Å². The van der Waals surface area contributed by atoms with Crippen LogP contribution in [-0.4, -0.2) is 57.2 Å². The number of hydrogen-bond acceptors (Lipinski definition) is 5. The van der Waals surface area contributed by atoms with Crippen molar-refractivity contribution < 1.29 is 22.8 Å². The third kappa shape index (κ3) is 9.28. The van der Waals surface area contributed by atoms with Gasteiger partial charge < -0.3 is 16.4 Å². The van der Waals surface area contributed by atoms with Crippen LogP contribution >= 0.6 is 0 Å². The van der Waals surface area contributed by atoms with Gasteiger partial charge in [-0.15, -0.1) is 0 Å². The van der Waals surface area contributed by atoms with Gasteiger partial charge >= 0.3 is 0 Å². The molecule has 0 radical (unpaired) electrons. The Morgan fingerprint density at radius 1 is 1.19 bits per heavy atom. The standard InChI is InChI=1S/C13H19FN2.C13H16N2O2.CH2F2/c1-15-12-3-2-11(13(14)9-12)8-10-4-6-16-7-5-10;1-9-5-15(7-13(14)17)6-11-4-10(8-16)2-3-12(9)11;2-1-3/h2-3,9-10,15-16H,4-8H2,1H3;2-4,8-9H,5-7H2,1H3,(H2,14,17);1H2/t;9-;/m.0./s1. The van der Waals surface area contributed by atoms with E-state index in [1.165, 1.54) is 5.56 Å². The zero-order valence-electron chi connectivity index (χ0n) is 21.0. The summed E-state index contributed by atoms with van der Waals surface area (Å²) in [5, 5.41) is 6.28. The number of hydrogen-bond donors (Lipinski definition) is 3. The second kappa shape index (κ2) is 15.3. The third-order valence-corrected chi connectivity index (χ3v) is 6.45. The average Bonchev–Trinajstić information content (AvgIpc) is 2.86. The van der Waals surface area contributed by atoms with E-state index in [1.54, 1.807) is 13.1 Å². The molecule has 2 heterocycles. The Labute approximate surface area is 211 Å². The number of alkyl halides is 2. The molecule has 0 spiro atoms. The van der Waals surface area contributed by atoms with Crippen LogP contribution in [0, 0.1) is 11.7 Å². The Morgan fingerprint density at radius 3 is 2.47 bits per heavy atom. The van der Waals surface area contributed by atoms with Crippen molar-refractivity contribution in [3.8, 4) is 0 Å². The summed E-state index contributed by atoms with van der Waals surface area (Å²) >= 11 is 0. The number of benzene rings is 2. The molecule has 0 bridgehead atoms. The first-order valence-corrected chi connectivity index (χ1v) is 12.2. The molecule has 2 aliphatic heterocycles. The minimum Gasteiger partial charge on any atom is -0.388 e. The van der Waals surface area contributed by atoms with Gasteiger partial charge in [-0.25, -0.2) is 13.2 Å². The molecule has 1 fully saturated rings. The molecule has 6 nitrogen and oxygen atoms in total. The molecule has 36 heavy (non-hydrogen) atoms. The second-order valence-corrected chi connectivity index (χ2v) is 9.17. The van der Waals surface area contributed by atoms with Gasteiger partial charge in [-0.05, 0) is 79.1 Å². The molecule has 9 heteroatoms. The molecular weight excluding hydrogens is 469 g/mol. The lowest BCUT2D eigenvalue weighted by Gasteiger charge is -2.32. The number of fused-ring (bicyclic) bond motifs is 1. The third-order valence-electron chi connectivity index (χ3n) is 6.45. The van der Waals surface area contributed by atoms with E-state index in [9.17, 15) is 22.8 Å². The number of aldehydes is 1. The van der Waals surface area contributed by atoms with Crippen LogP contribution < -0.4 is 16.4 Å². The van der Waals surface area contributed by atoms with E-state index in [1.807, 2.05) is 35.2 Å². The summed E-state index contributed by atoms with van der Waals surface area (Å²) in [7, 11) is 1.81. The van der Waals surface area contributed by atoms with Gasteiger partial charge in [0.15, 0.2) is 0 Å². The van der Waals surface area contributed by atoms with Crippen molar-refractivity contribution in [2.75, 3.05) is 45.5 Å². The smallest absolute Gasteiger partial charge is 0.231 e. The quantitative estimate of drug-likeness (QED) is 0.512. The highest BCUT2D eigenvalue weighted by Gasteiger charge is 2.23. The van der Waals surface area contributed by atoms with E-state index in [4.69, 9.17) is 5.73 Å². The number of nitrogens with two attached hydrogens (primary N) is 1. The number of carbonyl (C=O) groups is 2. The van der Waals surface area contributed by atoms with E-state index in [-0.39, 0.29) is 18.3 Å². The van der Waals surface area contributed by atoms with Crippen molar-refractivity contribution in [3.05, 3.63) is 64.5 Å². The first-order chi connectivity index (χ1) is 17.3. The lowest BCUT2D eigenvalue weighted by Crippen LogP contribution is -2.38. The van der Waals surface area contributed by atoms with Crippen molar-refractivity contribution in [1.82, 2.24) is 10.2 Å². The highest BCUT2D eigenvalue weighted by Crippen LogP contribution is 2.28. The fourth-order valence-electron chi connectivity index (χ4n) is 4.71. The molecule has 1 saturated heterocycles. The van der Waals surface area contributed by atoms with Gasteiger partial charge in [0.1, 0.15) is 12.1 Å². The summed E-state index contributed by atoms with van der Waals surface area (Å²) in [6.45, 7) is 4.30. The fraction of sp³-hybridized carbons (Fsp3) is 0.481. The number of anilines is 1. The molecule has 2 aliphatic rings. The van der Waals surface area contributed by atoms with Crippen LogP contribution in [-0.2, 0) is 17.8 Å². The first-order valence-electron chi connectivity index (χ1n) is 12.2. The first kappa shape index (κ1) is 29.3. The van der Waals surface area contributed by atoms with Crippen molar-refractivity contribution in [2.45, 2.75) is 38.6 Å². The number of nitrogens with zero attached hydrogens (tertiary/aromatic N) is 1. The largest absolute Gasteiger partial charge is 0.388 e. The monoisotopic (exact) mass is 506 g/mol. The number of halogens is 3. The minimum absolute atomic E-state index is 0.0783. The summed E-state index contributed by atoms with van der Waals surface area (Å²) in [6, 6.07) is 11.2. The molecule has 198 valence electrons. The topological polar surface area (TPSA) is 87.5 Å². The van der Waals surface area contributed by atoms with Gasteiger partial charge in [-0.2, -0.15) is 0 Å². The Morgan fingerprint density at radius 2 is 1.89 bits per heavy atom. The van der Waals surface area contributed by atoms with Crippen molar-refractivity contribution in [2.24, 2.45) is 11.7 Å². The summed E-state index contributed by atoms with van der Waals surface area (Å²) in [5.41, 5.74) is 9.96. The lowest BCUT2D eigenvalue weighted by molar-refractivity contribution is -0.119. The van der Waals surface area contributed by atoms with E-state index in [0.29, 0.717) is 23.9 Å². The van der Waals surface area contributed by atoms with Gasteiger partial charge in [-0.1, -0.05) is 25.1 Å². The van der Waals surface area contributed by atoms with Gasteiger partial charge in [0.05, 0.1) is 6.54 Å². The Kier molecular flexibility index (Phi) is 12.4. The summed E-state index contributed by atoms with van der Waals surface area (Å²) in [6.07, 6.45) is 4.04. The highest BCUT2D eigenvalue weighted by molar-refractivity contribution is 5.76. The molecule has 0 saturated carbocycles. The number of nitrogens with one attached hydrogen (secondary N) is 2. The number of primary amides is 1. The maximum atomic E-state index is 13.7. The molecule has 2 aromatic carbocycles. The van der Waals surface area contributed by atoms with Gasteiger partial charge in [0.2, 0.25) is 12.8 Å². The predicted molar refractivity (Wildman–Crippen MR) is 137 cm³/mol. The Bertz CT molecular complexity index is 983. The van der Waals surface area contributed by atoms with Crippen LogP contribution in [0.3, 0.4) is 0 Å². The summed E-state index contributed by atoms with van der Waals surface area (Å²) in [5.74, 6) is 0.604. The molecule has 1 atom stereocenters. The summed E-state index contributed by atoms with van der Waals surface area (Å²) < 4.78 is 33.0. The fourth-order valence-corrected chi connectivity index (χ4v) is 4.71. The van der Waals surface area contributed by atoms with Crippen LogP contribution in [0.5, 0.6) is 0 Å². The van der Waals surface area contributed by atoms with Crippen LogP contribution in [0.1, 0.15) is 52.7 Å². The van der Waals surface area contributed by atoms with Crippen LogP contribution in [0.4, 0.5) is 18.9 Å². The average molecular weight is 507 g/mol. The molecule has 0 unspecified atom stereocenters. The van der Waals surface area contributed by atoms with Crippen LogP contribution in [0.15, 0.2) is 36.4 Å². The zero-order valence-corrected chi connectivity index (χ0v) is 21.0. The molecule has 4 N–H and O–H groups in total. The Hall–Kier alpha value is -2.91. The van der Waals surface area contributed by atoms with E-state index in [0.717, 1.165) is 62.0 Å². The van der Waals surface area contributed by atoms with E-state index >= 15 is 0 Å². The van der Waals surface area contributed by atoms with Gasteiger partial charge in [0, 0.05) is 31.4 Å².